The molecule has 5 heteroatoms. The molecule has 2 aliphatic rings. The molecule has 5 nitrogen and oxygen atoms in total. The van der Waals surface area contributed by atoms with Gasteiger partial charge in [0.1, 0.15) is 5.69 Å². The fourth-order valence-corrected chi connectivity index (χ4v) is 5.25. The van der Waals surface area contributed by atoms with Crippen molar-refractivity contribution in [3.63, 3.8) is 0 Å². The van der Waals surface area contributed by atoms with Crippen molar-refractivity contribution >= 4 is 10.9 Å². The third-order valence-electron chi connectivity index (χ3n) is 6.73. The van der Waals surface area contributed by atoms with Crippen molar-refractivity contribution in [3.8, 4) is 22.5 Å². The van der Waals surface area contributed by atoms with Gasteiger partial charge in [0, 0.05) is 41.1 Å². The Kier molecular flexibility index (Phi) is 4.16. The number of piperidine rings is 1. The molecule has 0 radical (unpaired) electrons. The minimum Gasteiger partial charge on any atom is -0.311 e. The number of aromatic amines is 1. The van der Waals surface area contributed by atoms with E-state index in [9.17, 15) is 0 Å². The third kappa shape index (κ3) is 3.10. The van der Waals surface area contributed by atoms with Crippen LogP contribution in [0, 0.1) is 6.92 Å². The number of fused-ring (bicyclic) bond motifs is 3. The molecule has 0 saturated carbocycles. The minimum atomic E-state index is 0.616. The van der Waals surface area contributed by atoms with Gasteiger partial charge >= 0.3 is 0 Å². The SMILES string of the molecule is Cc1cccc(-c2n[nH]cc2-c2ccc3ncc(C4C[C@H]5CC[C@@H](C4)N5)cc3c2)n1. The first kappa shape index (κ1) is 17.8. The lowest BCUT2D eigenvalue weighted by Gasteiger charge is -2.29. The van der Waals surface area contributed by atoms with E-state index in [1.54, 1.807) is 0 Å². The fourth-order valence-electron chi connectivity index (χ4n) is 5.25. The summed E-state index contributed by atoms with van der Waals surface area (Å²) in [6.45, 7) is 2.01. The molecule has 3 aromatic heterocycles. The van der Waals surface area contributed by atoms with E-state index in [0.717, 1.165) is 33.7 Å². The molecule has 1 unspecified atom stereocenters. The van der Waals surface area contributed by atoms with Crippen LogP contribution in [0.4, 0.5) is 0 Å². The second kappa shape index (κ2) is 7.03. The summed E-state index contributed by atoms with van der Waals surface area (Å²) in [6, 6.07) is 16.3. The first-order valence-electron chi connectivity index (χ1n) is 10.9. The van der Waals surface area contributed by atoms with Crippen LogP contribution in [0.5, 0.6) is 0 Å². The van der Waals surface area contributed by atoms with Gasteiger partial charge in [-0.25, -0.2) is 0 Å². The van der Waals surface area contributed by atoms with Crippen molar-refractivity contribution in [1.82, 2.24) is 25.5 Å². The topological polar surface area (TPSA) is 66.5 Å². The van der Waals surface area contributed by atoms with E-state index in [1.165, 1.54) is 36.6 Å². The van der Waals surface area contributed by atoms with Crippen LogP contribution in [0.15, 0.2) is 54.9 Å². The second-order valence-corrected chi connectivity index (χ2v) is 8.79. The molecular formula is C25H25N5. The van der Waals surface area contributed by atoms with Crippen LogP contribution < -0.4 is 5.32 Å². The monoisotopic (exact) mass is 395 g/mol. The zero-order valence-corrected chi connectivity index (χ0v) is 17.1. The zero-order chi connectivity index (χ0) is 20.1. The number of nitrogens with zero attached hydrogens (tertiary/aromatic N) is 3. The Morgan fingerprint density at radius 3 is 2.70 bits per heavy atom. The van der Waals surface area contributed by atoms with Crippen molar-refractivity contribution in [2.24, 2.45) is 0 Å². The predicted molar refractivity (Wildman–Crippen MR) is 119 cm³/mol. The molecular weight excluding hydrogens is 370 g/mol. The molecule has 4 aromatic rings. The Bertz CT molecular complexity index is 1220. The zero-order valence-electron chi connectivity index (χ0n) is 17.1. The molecule has 0 aliphatic carbocycles. The Morgan fingerprint density at radius 2 is 1.87 bits per heavy atom. The van der Waals surface area contributed by atoms with Crippen LogP contribution in [-0.2, 0) is 0 Å². The third-order valence-corrected chi connectivity index (χ3v) is 6.73. The highest BCUT2D eigenvalue weighted by molar-refractivity contribution is 5.88. The normalized spacial score (nSPS) is 23.2. The molecule has 150 valence electrons. The number of aryl methyl sites for hydroxylation is 1. The summed E-state index contributed by atoms with van der Waals surface area (Å²) >= 11 is 0. The van der Waals surface area contributed by atoms with Gasteiger partial charge < -0.3 is 5.32 Å². The summed E-state index contributed by atoms with van der Waals surface area (Å²) in [4.78, 5) is 9.44. The molecule has 2 saturated heterocycles. The van der Waals surface area contributed by atoms with Gasteiger partial charge in [0.25, 0.3) is 0 Å². The summed E-state index contributed by atoms with van der Waals surface area (Å²) < 4.78 is 0. The summed E-state index contributed by atoms with van der Waals surface area (Å²) in [5, 5.41) is 12.5. The summed E-state index contributed by atoms with van der Waals surface area (Å²) in [5.74, 6) is 0.616. The summed E-state index contributed by atoms with van der Waals surface area (Å²) in [6.07, 6.45) is 9.16. The van der Waals surface area contributed by atoms with Crippen LogP contribution in [0.2, 0.25) is 0 Å². The molecule has 30 heavy (non-hydrogen) atoms. The van der Waals surface area contributed by atoms with Crippen LogP contribution in [0.1, 0.15) is 42.9 Å². The Morgan fingerprint density at radius 1 is 1.00 bits per heavy atom. The molecule has 2 N–H and O–H groups in total. The van der Waals surface area contributed by atoms with Crippen LogP contribution >= 0.6 is 0 Å². The average molecular weight is 396 g/mol. The van der Waals surface area contributed by atoms with Gasteiger partial charge in [0.15, 0.2) is 0 Å². The molecule has 5 heterocycles. The smallest absolute Gasteiger partial charge is 0.118 e. The van der Waals surface area contributed by atoms with E-state index in [2.05, 4.69) is 51.0 Å². The first-order valence-corrected chi connectivity index (χ1v) is 10.9. The highest BCUT2D eigenvalue weighted by Gasteiger charge is 2.34. The molecule has 6 rings (SSSR count). The van der Waals surface area contributed by atoms with Gasteiger partial charge in [0.2, 0.25) is 0 Å². The maximum Gasteiger partial charge on any atom is 0.118 e. The molecule has 0 amide bonds. The van der Waals surface area contributed by atoms with E-state index in [-0.39, 0.29) is 0 Å². The number of aromatic nitrogens is 4. The summed E-state index contributed by atoms with van der Waals surface area (Å²) in [5.41, 5.74) is 7.40. The number of hydrogen-bond acceptors (Lipinski definition) is 4. The first-order chi connectivity index (χ1) is 14.7. The molecule has 0 spiro atoms. The van der Waals surface area contributed by atoms with E-state index in [1.807, 2.05) is 31.3 Å². The standard InChI is InChI=1S/C25H25N5/c1-15-3-2-4-24(28-15)25-22(14-27-30-25)16-5-8-23-18(9-16)10-19(13-26-23)17-11-20-6-7-21(12-17)29-20/h2-5,8-10,13-14,17,20-21,29H,6-7,11-12H2,1H3,(H,27,30)/t17?,20-,21+. The predicted octanol–water partition coefficient (Wildman–Crippen LogP) is 4.99. The van der Waals surface area contributed by atoms with Crippen molar-refractivity contribution in [2.75, 3.05) is 0 Å². The van der Waals surface area contributed by atoms with E-state index < -0.39 is 0 Å². The number of benzene rings is 1. The molecule has 2 bridgehead atoms. The molecule has 3 atom stereocenters. The van der Waals surface area contributed by atoms with E-state index >= 15 is 0 Å². The number of rotatable bonds is 3. The van der Waals surface area contributed by atoms with Crippen molar-refractivity contribution < 1.29 is 0 Å². The molecule has 1 aromatic carbocycles. The Hall–Kier alpha value is -3.05. The van der Waals surface area contributed by atoms with Gasteiger partial charge in [0.05, 0.1) is 11.2 Å². The molecule has 2 aliphatic heterocycles. The lowest BCUT2D eigenvalue weighted by molar-refractivity contribution is 0.363. The fraction of sp³-hybridized carbons (Fsp3) is 0.320. The van der Waals surface area contributed by atoms with Gasteiger partial charge in [-0.3, -0.25) is 15.1 Å². The lowest BCUT2D eigenvalue weighted by Crippen LogP contribution is -2.37. The maximum atomic E-state index is 4.79. The average Bonchev–Trinajstić information content (AvgIpc) is 3.39. The highest BCUT2D eigenvalue weighted by Crippen LogP contribution is 2.38. The summed E-state index contributed by atoms with van der Waals surface area (Å²) in [7, 11) is 0. The number of nitrogens with one attached hydrogen (secondary N) is 2. The second-order valence-electron chi connectivity index (χ2n) is 8.79. The number of H-pyrrole nitrogens is 1. The minimum absolute atomic E-state index is 0.616. The Balaban J connectivity index is 1.38. The van der Waals surface area contributed by atoms with Crippen molar-refractivity contribution in [3.05, 3.63) is 66.1 Å². The largest absolute Gasteiger partial charge is 0.311 e. The quantitative estimate of drug-likeness (QED) is 0.513. The van der Waals surface area contributed by atoms with Gasteiger partial charge in [-0.15, -0.1) is 0 Å². The molecule has 2 fully saturated rings. The van der Waals surface area contributed by atoms with Crippen molar-refractivity contribution in [2.45, 2.75) is 50.6 Å². The van der Waals surface area contributed by atoms with E-state index in [0.29, 0.717) is 18.0 Å². The van der Waals surface area contributed by atoms with Gasteiger partial charge in [-0.2, -0.15) is 5.10 Å². The Labute approximate surface area is 176 Å². The lowest BCUT2D eigenvalue weighted by atomic mass is 9.86. The van der Waals surface area contributed by atoms with Gasteiger partial charge in [-0.1, -0.05) is 12.1 Å². The van der Waals surface area contributed by atoms with Crippen LogP contribution in [-0.4, -0.2) is 32.2 Å². The van der Waals surface area contributed by atoms with Gasteiger partial charge in [-0.05, 0) is 80.0 Å². The maximum absolute atomic E-state index is 4.79. The van der Waals surface area contributed by atoms with E-state index in [4.69, 9.17) is 4.98 Å². The van der Waals surface area contributed by atoms with Crippen LogP contribution in [0.25, 0.3) is 33.4 Å². The highest BCUT2D eigenvalue weighted by atomic mass is 15.1. The number of pyridine rings is 2. The van der Waals surface area contributed by atoms with Crippen LogP contribution in [0.3, 0.4) is 0 Å². The number of hydrogen-bond donors (Lipinski definition) is 2. The van der Waals surface area contributed by atoms with Crippen molar-refractivity contribution in [1.29, 1.82) is 0 Å².